The van der Waals surface area contributed by atoms with Crippen molar-refractivity contribution in [3.05, 3.63) is 48.0 Å². The Morgan fingerprint density at radius 1 is 1.00 bits per heavy atom. The molecular formula is C19H25N3O2S. The number of carbonyl (C=O) groups is 1. The van der Waals surface area contributed by atoms with Crippen molar-refractivity contribution in [1.29, 1.82) is 0 Å². The molecule has 0 heterocycles. The first kappa shape index (κ1) is 19.0. The minimum Gasteiger partial charge on any atom is -0.388 e. The van der Waals surface area contributed by atoms with Gasteiger partial charge < -0.3 is 15.4 Å². The minimum absolute atomic E-state index is 0.0453. The molecule has 0 aliphatic rings. The number of hydrogen-bond donors (Lipinski definition) is 3. The number of anilines is 3. The van der Waals surface area contributed by atoms with Gasteiger partial charge >= 0.3 is 0 Å². The van der Waals surface area contributed by atoms with Crippen molar-refractivity contribution in [2.75, 3.05) is 22.4 Å². The van der Waals surface area contributed by atoms with E-state index in [9.17, 15) is 9.00 Å². The molecule has 0 aromatic heterocycles. The van der Waals surface area contributed by atoms with Gasteiger partial charge in [0.25, 0.3) is 0 Å². The molecule has 0 saturated carbocycles. The van der Waals surface area contributed by atoms with Gasteiger partial charge in [0, 0.05) is 29.5 Å². The average Bonchev–Trinajstić information content (AvgIpc) is 2.56. The molecule has 1 amide bonds. The maximum absolute atomic E-state index is 12.5. The Kier molecular flexibility index (Phi) is 5.85. The van der Waals surface area contributed by atoms with Gasteiger partial charge in [0.2, 0.25) is 5.91 Å². The van der Waals surface area contributed by atoms with Crippen molar-refractivity contribution in [3.8, 4) is 0 Å². The number of aryl methyl sites for hydroxylation is 1. The lowest BCUT2D eigenvalue weighted by molar-refractivity contribution is -0.123. The highest BCUT2D eigenvalue weighted by atomic mass is 32.2. The average molecular weight is 359 g/mol. The maximum atomic E-state index is 12.5. The van der Waals surface area contributed by atoms with E-state index < -0.39 is 16.4 Å². The molecule has 25 heavy (non-hydrogen) atoms. The predicted molar refractivity (Wildman–Crippen MR) is 105 cm³/mol. The van der Waals surface area contributed by atoms with Gasteiger partial charge in [-0.15, -0.1) is 0 Å². The van der Waals surface area contributed by atoms with Crippen LogP contribution in [0.15, 0.2) is 47.4 Å². The molecule has 6 heteroatoms. The highest BCUT2D eigenvalue weighted by Gasteiger charge is 2.21. The second-order valence-corrected chi connectivity index (χ2v) is 8.09. The third-order valence-electron chi connectivity index (χ3n) is 3.73. The third kappa shape index (κ3) is 5.06. The summed E-state index contributed by atoms with van der Waals surface area (Å²) in [6.45, 7) is 7.59. The van der Waals surface area contributed by atoms with Crippen molar-refractivity contribution in [2.45, 2.75) is 32.6 Å². The zero-order chi connectivity index (χ0) is 18.6. The Morgan fingerprint density at radius 3 is 2.16 bits per heavy atom. The predicted octanol–water partition coefficient (Wildman–Crippen LogP) is 4.16. The first-order valence-electron chi connectivity index (χ1n) is 8.09. The first-order chi connectivity index (χ1) is 11.7. The normalized spacial score (nSPS) is 12.4. The third-order valence-corrected chi connectivity index (χ3v) is 4.83. The number of hydrogen-bond acceptors (Lipinski definition) is 3. The van der Waals surface area contributed by atoms with E-state index in [-0.39, 0.29) is 5.91 Å². The first-order valence-corrected chi connectivity index (χ1v) is 9.24. The van der Waals surface area contributed by atoms with Crippen molar-refractivity contribution < 1.29 is 9.00 Å². The Balaban J connectivity index is 2.06. The van der Waals surface area contributed by atoms with Crippen LogP contribution in [-0.2, 0) is 15.8 Å². The topological polar surface area (TPSA) is 70.2 Å². The zero-order valence-corrected chi connectivity index (χ0v) is 16.1. The molecule has 0 spiro atoms. The smallest absolute Gasteiger partial charge is 0.229 e. The SMILES string of the molecule is CNc1cc(S(=O)Nc2ccc(NC(=O)C(C)(C)C)cc2)ccc1C. The molecule has 0 aliphatic heterocycles. The van der Waals surface area contributed by atoms with Gasteiger partial charge in [-0.1, -0.05) is 26.8 Å². The Bertz CT molecular complexity index is 780. The molecule has 2 aromatic rings. The molecule has 0 radical (unpaired) electrons. The van der Waals surface area contributed by atoms with E-state index in [1.54, 1.807) is 24.3 Å². The number of benzene rings is 2. The standard InChI is InChI=1S/C19H25N3O2S/c1-13-6-11-16(12-17(13)20-5)25(24)22-15-9-7-14(8-10-15)21-18(23)19(2,3)4/h6-12,20,22H,1-5H3,(H,21,23). The van der Waals surface area contributed by atoms with Crippen molar-refractivity contribution in [2.24, 2.45) is 5.41 Å². The Labute approximate surface area is 151 Å². The van der Waals surface area contributed by atoms with Gasteiger partial charge in [0.1, 0.15) is 11.0 Å². The Hall–Kier alpha value is -2.34. The van der Waals surface area contributed by atoms with Crippen LogP contribution in [0.1, 0.15) is 26.3 Å². The molecule has 5 nitrogen and oxygen atoms in total. The van der Waals surface area contributed by atoms with Crippen LogP contribution in [0, 0.1) is 12.3 Å². The molecular weight excluding hydrogens is 334 g/mol. The summed E-state index contributed by atoms with van der Waals surface area (Å²) in [5, 5.41) is 5.95. The van der Waals surface area contributed by atoms with E-state index in [1.807, 2.05) is 52.9 Å². The summed E-state index contributed by atoms with van der Waals surface area (Å²) in [7, 11) is 0.477. The number of rotatable bonds is 5. The molecule has 0 fully saturated rings. The number of carbonyl (C=O) groups excluding carboxylic acids is 1. The van der Waals surface area contributed by atoms with Gasteiger partial charge in [-0.2, -0.15) is 0 Å². The summed E-state index contributed by atoms with van der Waals surface area (Å²) in [4.78, 5) is 12.7. The summed E-state index contributed by atoms with van der Waals surface area (Å²) < 4.78 is 15.5. The van der Waals surface area contributed by atoms with Crippen molar-refractivity contribution in [3.63, 3.8) is 0 Å². The van der Waals surface area contributed by atoms with E-state index in [0.29, 0.717) is 10.6 Å². The highest BCUT2D eigenvalue weighted by molar-refractivity contribution is 7.86. The minimum atomic E-state index is -1.36. The summed E-state index contributed by atoms with van der Waals surface area (Å²) >= 11 is 0. The molecule has 1 atom stereocenters. The molecule has 2 aromatic carbocycles. The molecule has 3 N–H and O–H groups in total. The molecule has 134 valence electrons. The van der Waals surface area contributed by atoms with Crippen LogP contribution in [0.4, 0.5) is 17.1 Å². The fourth-order valence-corrected chi connectivity index (χ4v) is 2.98. The number of amides is 1. The molecule has 1 unspecified atom stereocenters. The molecule has 0 bridgehead atoms. The lowest BCUT2D eigenvalue weighted by Crippen LogP contribution is -2.27. The van der Waals surface area contributed by atoms with E-state index in [1.165, 1.54) is 0 Å². The van der Waals surface area contributed by atoms with Crippen LogP contribution in [0.5, 0.6) is 0 Å². The highest BCUT2D eigenvalue weighted by Crippen LogP contribution is 2.22. The molecule has 2 rings (SSSR count). The second kappa shape index (κ2) is 7.70. The summed E-state index contributed by atoms with van der Waals surface area (Å²) in [6.07, 6.45) is 0. The largest absolute Gasteiger partial charge is 0.388 e. The van der Waals surface area contributed by atoms with Crippen LogP contribution in [0.25, 0.3) is 0 Å². The number of nitrogens with one attached hydrogen (secondary N) is 3. The zero-order valence-electron chi connectivity index (χ0n) is 15.3. The Morgan fingerprint density at radius 2 is 1.60 bits per heavy atom. The maximum Gasteiger partial charge on any atom is 0.229 e. The summed E-state index contributed by atoms with van der Waals surface area (Å²) in [5.41, 5.74) is 3.03. The lowest BCUT2D eigenvalue weighted by Gasteiger charge is -2.17. The monoisotopic (exact) mass is 359 g/mol. The van der Waals surface area contributed by atoms with E-state index >= 15 is 0 Å². The van der Waals surface area contributed by atoms with E-state index in [4.69, 9.17) is 0 Å². The van der Waals surface area contributed by atoms with E-state index in [0.717, 1.165) is 16.9 Å². The van der Waals surface area contributed by atoms with Crippen molar-refractivity contribution >= 4 is 34.0 Å². The van der Waals surface area contributed by atoms with Gasteiger partial charge in [0.15, 0.2) is 0 Å². The second-order valence-electron chi connectivity index (χ2n) is 6.88. The summed E-state index contributed by atoms with van der Waals surface area (Å²) in [5.74, 6) is -0.0453. The van der Waals surface area contributed by atoms with Crippen LogP contribution in [0.3, 0.4) is 0 Å². The molecule has 0 saturated heterocycles. The molecule has 0 aliphatic carbocycles. The van der Waals surface area contributed by atoms with Crippen LogP contribution in [0.2, 0.25) is 0 Å². The van der Waals surface area contributed by atoms with Crippen LogP contribution >= 0.6 is 0 Å². The van der Waals surface area contributed by atoms with E-state index in [2.05, 4.69) is 15.4 Å². The van der Waals surface area contributed by atoms with Crippen LogP contribution < -0.4 is 15.4 Å². The van der Waals surface area contributed by atoms with Gasteiger partial charge in [0.05, 0.1) is 4.90 Å². The lowest BCUT2D eigenvalue weighted by atomic mass is 9.95. The van der Waals surface area contributed by atoms with Gasteiger partial charge in [-0.05, 0) is 48.9 Å². The fraction of sp³-hybridized carbons (Fsp3) is 0.316. The van der Waals surface area contributed by atoms with Crippen molar-refractivity contribution in [1.82, 2.24) is 0 Å². The summed E-state index contributed by atoms with van der Waals surface area (Å²) in [6, 6.07) is 12.8. The van der Waals surface area contributed by atoms with Crippen LogP contribution in [-0.4, -0.2) is 17.2 Å². The fourth-order valence-electron chi connectivity index (χ4n) is 2.09. The van der Waals surface area contributed by atoms with Gasteiger partial charge in [-0.25, -0.2) is 4.21 Å². The van der Waals surface area contributed by atoms with Gasteiger partial charge in [-0.3, -0.25) is 4.79 Å². The quantitative estimate of drug-likeness (QED) is 0.751.